The third-order valence-electron chi connectivity index (χ3n) is 3.42. The molecule has 4 nitrogen and oxygen atoms in total. The van der Waals surface area contributed by atoms with Crippen molar-refractivity contribution in [3.63, 3.8) is 0 Å². The highest BCUT2D eigenvalue weighted by Crippen LogP contribution is 2.22. The van der Waals surface area contributed by atoms with Crippen molar-refractivity contribution in [2.24, 2.45) is 5.92 Å². The molecule has 2 atom stereocenters. The maximum Gasteiger partial charge on any atom is 0.573 e. The first kappa shape index (κ1) is 19.3. The first-order valence-electron chi connectivity index (χ1n) is 7.51. The summed E-state index contributed by atoms with van der Waals surface area (Å²) < 4.78 is 45.1. The average molecular weight is 333 g/mol. The summed E-state index contributed by atoms with van der Waals surface area (Å²) in [5, 5.41) is 3.19. The standard InChI is InChI=1S/C16H22F3NO3/c1-4-14(15(21)22-5-2)11(3)20-10-12-6-8-13(9-7-12)23-16(17,18)19/h6-9,11,14,20H,4-5,10H2,1-3H3. The normalized spacial score (nSPS) is 14.2. The SMILES string of the molecule is CCOC(=O)C(CC)C(C)NCc1ccc(OC(F)(F)F)cc1. The van der Waals surface area contributed by atoms with Gasteiger partial charge in [0.05, 0.1) is 12.5 Å². The van der Waals surface area contributed by atoms with Crippen molar-refractivity contribution < 1.29 is 27.4 Å². The predicted octanol–water partition coefficient (Wildman–Crippen LogP) is 3.65. The van der Waals surface area contributed by atoms with E-state index in [9.17, 15) is 18.0 Å². The molecule has 0 spiro atoms. The van der Waals surface area contributed by atoms with E-state index < -0.39 is 6.36 Å². The first-order chi connectivity index (χ1) is 10.8. The summed E-state index contributed by atoms with van der Waals surface area (Å²) in [5.41, 5.74) is 0.796. The minimum absolute atomic E-state index is 0.106. The number of carbonyl (C=O) groups is 1. The van der Waals surface area contributed by atoms with E-state index in [1.54, 1.807) is 19.1 Å². The van der Waals surface area contributed by atoms with Crippen LogP contribution in [0.15, 0.2) is 24.3 Å². The average Bonchev–Trinajstić information content (AvgIpc) is 2.46. The Morgan fingerprint density at radius 3 is 2.30 bits per heavy atom. The van der Waals surface area contributed by atoms with Crippen LogP contribution in [-0.4, -0.2) is 25.0 Å². The van der Waals surface area contributed by atoms with Gasteiger partial charge in [-0.2, -0.15) is 0 Å². The van der Waals surface area contributed by atoms with Crippen LogP contribution in [0.1, 0.15) is 32.8 Å². The Labute approximate surface area is 134 Å². The van der Waals surface area contributed by atoms with E-state index in [2.05, 4.69) is 10.1 Å². The van der Waals surface area contributed by atoms with E-state index in [0.29, 0.717) is 19.6 Å². The smallest absolute Gasteiger partial charge is 0.466 e. The van der Waals surface area contributed by atoms with Gasteiger partial charge in [0.25, 0.3) is 0 Å². The molecule has 1 rings (SSSR count). The van der Waals surface area contributed by atoms with Gasteiger partial charge in [0.1, 0.15) is 5.75 Å². The van der Waals surface area contributed by atoms with Gasteiger partial charge in [0.2, 0.25) is 0 Å². The lowest BCUT2D eigenvalue weighted by Gasteiger charge is -2.22. The fourth-order valence-corrected chi connectivity index (χ4v) is 2.20. The van der Waals surface area contributed by atoms with E-state index in [1.165, 1.54) is 12.1 Å². The Kier molecular flexibility index (Phi) is 7.35. The van der Waals surface area contributed by atoms with Crippen molar-refractivity contribution in [2.45, 2.75) is 46.1 Å². The number of hydrogen-bond donors (Lipinski definition) is 1. The van der Waals surface area contributed by atoms with Gasteiger partial charge in [0.15, 0.2) is 0 Å². The summed E-state index contributed by atoms with van der Waals surface area (Å²) in [4.78, 5) is 11.8. The van der Waals surface area contributed by atoms with Crippen molar-refractivity contribution in [3.05, 3.63) is 29.8 Å². The van der Waals surface area contributed by atoms with E-state index in [0.717, 1.165) is 5.56 Å². The summed E-state index contributed by atoms with van der Waals surface area (Å²) in [6, 6.07) is 5.51. The molecule has 0 aromatic heterocycles. The first-order valence-corrected chi connectivity index (χ1v) is 7.51. The molecule has 0 aliphatic rings. The fraction of sp³-hybridized carbons (Fsp3) is 0.562. The lowest BCUT2D eigenvalue weighted by atomic mass is 9.98. The molecule has 7 heteroatoms. The minimum Gasteiger partial charge on any atom is -0.466 e. The Bertz CT molecular complexity index is 488. The summed E-state index contributed by atoms with van der Waals surface area (Å²) >= 11 is 0. The molecule has 0 amide bonds. The quantitative estimate of drug-likeness (QED) is 0.738. The molecule has 0 aliphatic heterocycles. The third-order valence-corrected chi connectivity index (χ3v) is 3.42. The third kappa shape index (κ3) is 6.90. The van der Waals surface area contributed by atoms with Crippen LogP contribution in [0.2, 0.25) is 0 Å². The van der Waals surface area contributed by atoms with Crippen LogP contribution in [-0.2, 0) is 16.1 Å². The fourth-order valence-electron chi connectivity index (χ4n) is 2.20. The van der Waals surface area contributed by atoms with Crippen molar-refractivity contribution in [1.82, 2.24) is 5.32 Å². The molecule has 1 aromatic carbocycles. The second-order valence-corrected chi connectivity index (χ2v) is 5.13. The zero-order valence-electron chi connectivity index (χ0n) is 13.4. The van der Waals surface area contributed by atoms with E-state index in [4.69, 9.17) is 4.74 Å². The highest BCUT2D eigenvalue weighted by atomic mass is 19.4. The largest absolute Gasteiger partial charge is 0.573 e. The van der Waals surface area contributed by atoms with Crippen LogP contribution in [0.3, 0.4) is 0 Å². The van der Waals surface area contributed by atoms with Crippen LogP contribution in [0, 0.1) is 5.92 Å². The van der Waals surface area contributed by atoms with Crippen molar-refractivity contribution in [1.29, 1.82) is 0 Å². The number of carbonyl (C=O) groups excluding carboxylic acids is 1. The highest BCUT2D eigenvalue weighted by molar-refractivity contribution is 5.73. The van der Waals surface area contributed by atoms with Crippen LogP contribution < -0.4 is 10.1 Å². The monoisotopic (exact) mass is 333 g/mol. The van der Waals surface area contributed by atoms with Crippen molar-refractivity contribution in [2.75, 3.05) is 6.61 Å². The molecule has 0 fully saturated rings. The highest BCUT2D eigenvalue weighted by Gasteiger charge is 2.31. The van der Waals surface area contributed by atoms with Gasteiger partial charge in [-0.05, 0) is 38.0 Å². The number of esters is 1. The molecular formula is C16H22F3NO3. The van der Waals surface area contributed by atoms with Crippen LogP contribution in [0.25, 0.3) is 0 Å². The summed E-state index contributed by atoms with van der Waals surface area (Å²) in [5.74, 6) is -0.765. The zero-order chi connectivity index (χ0) is 17.5. The molecule has 0 saturated carbocycles. The maximum absolute atomic E-state index is 12.1. The lowest BCUT2D eigenvalue weighted by molar-refractivity contribution is -0.274. The number of halogens is 3. The topological polar surface area (TPSA) is 47.6 Å². The lowest BCUT2D eigenvalue weighted by Crippen LogP contribution is -2.38. The van der Waals surface area contributed by atoms with Gasteiger partial charge >= 0.3 is 12.3 Å². The van der Waals surface area contributed by atoms with Gasteiger partial charge in [0, 0.05) is 12.6 Å². The van der Waals surface area contributed by atoms with Crippen LogP contribution >= 0.6 is 0 Å². The van der Waals surface area contributed by atoms with Gasteiger partial charge < -0.3 is 14.8 Å². The molecule has 130 valence electrons. The molecule has 1 aromatic rings. The number of rotatable bonds is 8. The molecule has 0 saturated heterocycles. The van der Waals surface area contributed by atoms with Gasteiger partial charge in [-0.3, -0.25) is 4.79 Å². The summed E-state index contributed by atoms with van der Waals surface area (Å²) in [6.45, 7) is 6.31. The summed E-state index contributed by atoms with van der Waals surface area (Å²) in [6.07, 6.45) is -4.05. The number of ether oxygens (including phenoxy) is 2. The second kappa shape index (κ2) is 8.76. The Morgan fingerprint density at radius 1 is 1.22 bits per heavy atom. The maximum atomic E-state index is 12.1. The Balaban J connectivity index is 2.55. The molecule has 0 bridgehead atoms. The molecule has 1 N–H and O–H groups in total. The van der Waals surface area contributed by atoms with E-state index in [-0.39, 0.29) is 23.7 Å². The van der Waals surface area contributed by atoms with Gasteiger partial charge in [-0.15, -0.1) is 13.2 Å². The van der Waals surface area contributed by atoms with Crippen molar-refractivity contribution in [3.8, 4) is 5.75 Å². The number of benzene rings is 1. The number of hydrogen-bond acceptors (Lipinski definition) is 4. The summed E-state index contributed by atoms with van der Waals surface area (Å²) in [7, 11) is 0. The molecule has 0 radical (unpaired) electrons. The van der Waals surface area contributed by atoms with E-state index >= 15 is 0 Å². The Hall–Kier alpha value is -1.76. The molecule has 0 heterocycles. The molecule has 2 unspecified atom stereocenters. The minimum atomic E-state index is -4.69. The molecule has 0 aliphatic carbocycles. The molecular weight excluding hydrogens is 311 g/mol. The predicted molar refractivity (Wildman–Crippen MR) is 79.8 cm³/mol. The van der Waals surface area contributed by atoms with Crippen LogP contribution in [0.4, 0.5) is 13.2 Å². The number of alkyl halides is 3. The zero-order valence-corrected chi connectivity index (χ0v) is 13.4. The van der Waals surface area contributed by atoms with Gasteiger partial charge in [-0.25, -0.2) is 0 Å². The van der Waals surface area contributed by atoms with Crippen molar-refractivity contribution >= 4 is 5.97 Å². The van der Waals surface area contributed by atoms with Crippen LogP contribution in [0.5, 0.6) is 5.75 Å². The number of nitrogens with one attached hydrogen (secondary N) is 1. The second-order valence-electron chi connectivity index (χ2n) is 5.13. The Morgan fingerprint density at radius 2 is 1.83 bits per heavy atom. The molecule has 23 heavy (non-hydrogen) atoms. The van der Waals surface area contributed by atoms with Gasteiger partial charge in [-0.1, -0.05) is 19.1 Å². The van der Waals surface area contributed by atoms with E-state index in [1.807, 2.05) is 13.8 Å².